The van der Waals surface area contributed by atoms with E-state index in [-0.39, 0.29) is 0 Å². The summed E-state index contributed by atoms with van der Waals surface area (Å²) in [6.07, 6.45) is 0. The van der Waals surface area contributed by atoms with E-state index in [0.717, 1.165) is 20.3 Å². The van der Waals surface area contributed by atoms with Crippen LogP contribution in [0.3, 0.4) is 0 Å². The zero-order chi connectivity index (χ0) is 22.8. The molecule has 0 atom stereocenters. The summed E-state index contributed by atoms with van der Waals surface area (Å²) in [4.78, 5) is 0. The van der Waals surface area contributed by atoms with Gasteiger partial charge in [-0.25, -0.2) is 0 Å². The Bertz CT molecular complexity index is 1720. The monoisotopic (exact) mass is 564 g/mol. The Morgan fingerprint density at radius 1 is 0.382 bits per heavy atom. The van der Waals surface area contributed by atoms with Crippen molar-refractivity contribution in [3.8, 4) is 11.4 Å². The van der Waals surface area contributed by atoms with Gasteiger partial charge in [-0.2, -0.15) is 0 Å². The third kappa shape index (κ3) is 2.92. The largest absolute Gasteiger partial charge is 0.309 e. The first-order chi connectivity index (χ1) is 16.7. The fourth-order valence-electron chi connectivity index (χ4n) is 5.17. The quantitative estimate of drug-likeness (QED) is 0.197. The molecule has 0 saturated carbocycles. The highest BCUT2D eigenvalue weighted by molar-refractivity contribution is 9.10. The Morgan fingerprint density at radius 3 is 1.24 bits per heavy atom. The number of benzene rings is 5. The SMILES string of the molecule is Brc1ccc(-n2c3ccccc3c3cc4c5ccccc5n(-c5ccc(Br)cc5)c4cc32)cc1. The van der Waals surface area contributed by atoms with Crippen LogP contribution in [-0.4, -0.2) is 9.13 Å². The first-order valence-corrected chi connectivity index (χ1v) is 12.8. The van der Waals surface area contributed by atoms with Crippen LogP contribution in [-0.2, 0) is 0 Å². The lowest BCUT2D eigenvalue weighted by Gasteiger charge is -2.10. The van der Waals surface area contributed by atoms with Crippen molar-refractivity contribution < 1.29 is 0 Å². The third-order valence-electron chi connectivity index (χ3n) is 6.64. The molecule has 4 heteroatoms. The molecular weight excluding hydrogens is 548 g/mol. The molecule has 162 valence electrons. The molecule has 2 nitrogen and oxygen atoms in total. The number of para-hydroxylation sites is 2. The summed E-state index contributed by atoms with van der Waals surface area (Å²) < 4.78 is 6.91. The maximum atomic E-state index is 3.58. The van der Waals surface area contributed by atoms with E-state index in [4.69, 9.17) is 0 Å². The zero-order valence-corrected chi connectivity index (χ0v) is 21.2. The topological polar surface area (TPSA) is 9.86 Å². The predicted molar refractivity (Wildman–Crippen MR) is 151 cm³/mol. The van der Waals surface area contributed by atoms with E-state index in [9.17, 15) is 0 Å². The van der Waals surface area contributed by atoms with Gasteiger partial charge in [0.2, 0.25) is 0 Å². The lowest BCUT2D eigenvalue weighted by atomic mass is 10.1. The van der Waals surface area contributed by atoms with Crippen molar-refractivity contribution in [1.82, 2.24) is 9.13 Å². The predicted octanol–water partition coefficient (Wildman–Crippen LogP) is 9.41. The molecule has 0 N–H and O–H groups in total. The summed E-state index contributed by atoms with van der Waals surface area (Å²) >= 11 is 7.17. The van der Waals surface area contributed by atoms with Crippen molar-refractivity contribution in [2.75, 3.05) is 0 Å². The number of aromatic nitrogens is 2. The molecule has 7 aromatic rings. The summed E-state index contributed by atoms with van der Waals surface area (Å²) in [6.45, 7) is 0. The minimum atomic E-state index is 1.08. The average Bonchev–Trinajstić information content (AvgIpc) is 3.36. The molecule has 2 heterocycles. The van der Waals surface area contributed by atoms with Crippen LogP contribution in [0.2, 0.25) is 0 Å². The summed E-state index contributed by atoms with van der Waals surface area (Å²) in [5.41, 5.74) is 7.15. The maximum absolute atomic E-state index is 3.58. The molecule has 0 fully saturated rings. The molecule has 0 radical (unpaired) electrons. The molecule has 34 heavy (non-hydrogen) atoms. The lowest BCUT2D eigenvalue weighted by Crippen LogP contribution is -1.95. The molecule has 2 aromatic heterocycles. The second kappa shape index (κ2) is 7.59. The first-order valence-electron chi connectivity index (χ1n) is 11.2. The molecule has 7 rings (SSSR count). The second-order valence-corrected chi connectivity index (χ2v) is 10.4. The smallest absolute Gasteiger partial charge is 0.0562 e. The van der Waals surface area contributed by atoms with Crippen molar-refractivity contribution >= 4 is 75.5 Å². The van der Waals surface area contributed by atoms with Crippen molar-refractivity contribution in [2.45, 2.75) is 0 Å². The lowest BCUT2D eigenvalue weighted by molar-refractivity contribution is 1.16. The number of nitrogens with zero attached hydrogens (tertiary/aromatic N) is 2. The minimum Gasteiger partial charge on any atom is -0.309 e. The Morgan fingerprint density at radius 2 is 0.794 bits per heavy atom. The molecular formula is C30H18Br2N2. The van der Waals surface area contributed by atoms with Gasteiger partial charge in [0.25, 0.3) is 0 Å². The molecule has 0 aliphatic carbocycles. The standard InChI is InChI=1S/C30H18Br2N2/c31-19-9-13-21(14-10-19)33-27-7-3-1-5-23(27)25-17-26-24-6-2-4-8-28(24)34(30(26)18-29(25)33)22-15-11-20(32)12-16-22/h1-18H. The molecule has 5 aromatic carbocycles. The van der Waals surface area contributed by atoms with Gasteiger partial charge in [-0.1, -0.05) is 68.3 Å². The summed E-state index contributed by atoms with van der Waals surface area (Å²) in [5.74, 6) is 0. The van der Waals surface area contributed by atoms with Crippen LogP contribution in [0.25, 0.3) is 55.0 Å². The average molecular weight is 566 g/mol. The van der Waals surface area contributed by atoms with Gasteiger partial charge in [-0.3, -0.25) is 0 Å². The van der Waals surface area contributed by atoms with Gasteiger partial charge >= 0.3 is 0 Å². The van der Waals surface area contributed by atoms with E-state index >= 15 is 0 Å². The number of hydrogen-bond donors (Lipinski definition) is 0. The van der Waals surface area contributed by atoms with Gasteiger partial charge in [-0.15, -0.1) is 0 Å². The molecule has 0 aliphatic heterocycles. The maximum Gasteiger partial charge on any atom is 0.0562 e. The molecule has 0 amide bonds. The van der Waals surface area contributed by atoms with Crippen molar-refractivity contribution in [1.29, 1.82) is 0 Å². The first kappa shape index (κ1) is 20.1. The molecule has 0 saturated heterocycles. The van der Waals surface area contributed by atoms with Crippen molar-refractivity contribution in [2.24, 2.45) is 0 Å². The van der Waals surface area contributed by atoms with Crippen molar-refractivity contribution in [3.05, 3.63) is 118 Å². The van der Waals surface area contributed by atoms with E-state index in [1.807, 2.05) is 0 Å². The molecule has 0 bridgehead atoms. The highest BCUT2D eigenvalue weighted by Gasteiger charge is 2.18. The van der Waals surface area contributed by atoms with Crippen LogP contribution in [0.15, 0.2) is 118 Å². The minimum absolute atomic E-state index is 1.08. The van der Waals surface area contributed by atoms with Gasteiger partial charge in [-0.05, 0) is 72.8 Å². The second-order valence-electron chi connectivity index (χ2n) is 8.54. The highest BCUT2D eigenvalue weighted by Crippen LogP contribution is 2.39. The number of fused-ring (bicyclic) bond motifs is 6. The van der Waals surface area contributed by atoms with Crippen LogP contribution >= 0.6 is 31.9 Å². The van der Waals surface area contributed by atoms with Crippen LogP contribution in [0.4, 0.5) is 0 Å². The highest BCUT2D eigenvalue weighted by atomic mass is 79.9. The van der Waals surface area contributed by atoms with Crippen LogP contribution in [0.1, 0.15) is 0 Å². The Kier molecular flexibility index (Phi) is 4.48. The fraction of sp³-hybridized carbons (Fsp3) is 0. The van der Waals surface area contributed by atoms with Gasteiger partial charge in [0.05, 0.1) is 22.1 Å². The summed E-state index contributed by atoms with van der Waals surface area (Å²) in [5, 5.41) is 5.07. The fourth-order valence-corrected chi connectivity index (χ4v) is 5.70. The Hall–Kier alpha value is -3.34. The normalized spacial score (nSPS) is 11.8. The molecule has 0 aliphatic rings. The number of hydrogen-bond acceptors (Lipinski definition) is 0. The number of halogens is 2. The Balaban J connectivity index is 1.67. The van der Waals surface area contributed by atoms with E-state index < -0.39 is 0 Å². The van der Waals surface area contributed by atoms with Gasteiger partial charge in [0.15, 0.2) is 0 Å². The van der Waals surface area contributed by atoms with Gasteiger partial charge in [0.1, 0.15) is 0 Å². The molecule has 0 unspecified atom stereocenters. The number of rotatable bonds is 2. The summed E-state index contributed by atoms with van der Waals surface area (Å²) in [7, 11) is 0. The summed E-state index contributed by atoms with van der Waals surface area (Å²) in [6, 6.07) is 39.2. The van der Waals surface area contributed by atoms with Crippen LogP contribution < -0.4 is 0 Å². The van der Waals surface area contributed by atoms with E-state index in [0.29, 0.717) is 0 Å². The van der Waals surface area contributed by atoms with Crippen LogP contribution in [0.5, 0.6) is 0 Å². The van der Waals surface area contributed by atoms with Gasteiger partial charge in [0, 0.05) is 41.9 Å². The van der Waals surface area contributed by atoms with Crippen molar-refractivity contribution in [3.63, 3.8) is 0 Å². The van der Waals surface area contributed by atoms with E-state index in [1.54, 1.807) is 0 Å². The zero-order valence-electron chi connectivity index (χ0n) is 18.0. The van der Waals surface area contributed by atoms with E-state index in [1.165, 1.54) is 43.6 Å². The molecule has 0 spiro atoms. The van der Waals surface area contributed by atoms with Crippen LogP contribution in [0, 0.1) is 0 Å². The van der Waals surface area contributed by atoms with E-state index in [2.05, 4.69) is 150 Å². The van der Waals surface area contributed by atoms with Gasteiger partial charge < -0.3 is 9.13 Å². The third-order valence-corrected chi connectivity index (χ3v) is 7.69. The Labute approximate surface area is 213 Å².